The minimum atomic E-state index is 0.934. The summed E-state index contributed by atoms with van der Waals surface area (Å²) >= 11 is 2.08. The molecule has 0 spiro atoms. The summed E-state index contributed by atoms with van der Waals surface area (Å²) in [7, 11) is 0. The Labute approximate surface area is 79.9 Å². The molecule has 0 saturated carbocycles. The van der Waals surface area contributed by atoms with Gasteiger partial charge in [0.2, 0.25) is 0 Å². The van der Waals surface area contributed by atoms with Gasteiger partial charge in [-0.2, -0.15) is 11.8 Å². The summed E-state index contributed by atoms with van der Waals surface area (Å²) in [5, 5.41) is 0. The maximum absolute atomic E-state index is 5.20. The summed E-state index contributed by atoms with van der Waals surface area (Å²) in [5.41, 5.74) is 0. The van der Waals surface area contributed by atoms with E-state index in [0.717, 1.165) is 6.42 Å². The second-order valence-electron chi connectivity index (χ2n) is 3.12. The summed E-state index contributed by atoms with van der Waals surface area (Å²) < 4.78 is 0. The molecular formula is C10H17NS. The van der Waals surface area contributed by atoms with Crippen LogP contribution in [0.3, 0.4) is 0 Å². The number of hydrogen-bond donors (Lipinski definition) is 0. The third kappa shape index (κ3) is 4.04. The van der Waals surface area contributed by atoms with Crippen LogP contribution in [0.5, 0.6) is 0 Å². The molecule has 0 aromatic heterocycles. The van der Waals surface area contributed by atoms with Crippen LogP contribution in [0.15, 0.2) is 0 Å². The van der Waals surface area contributed by atoms with E-state index in [0.29, 0.717) is 0 Å². The van der Waals surface area contributed by atoms with E-state index in [1.54, 1.807) is 0 Å². The van der Waals surface area contributed by atoms with Gasteiger partial charge in [0.25, 0.3) is 0 Å². The number of nitrogens with zero attached hydrogens (tertiary/aromatic N) is 1. The van der Waals surface area contributed by atoms with Crippen molar-refractivity contribution >= 4 is 11.8 Å². The van der Waals surface area contributed by atoms with Crippen molar-refractivity contribution in [2.24, 2.45) is 0 Å². The Morgan fingerprint density at radius 3 is 3.08 bits per heavy atom. The van der Waals surface area contributed by atoms with Crippen LogP contribution >= 0.6 is 11.8 Å². The number of terminal acetylenes is 1. The highest BCUT2D eigenvalue weighted by Gasteiger charge is 2.07. The Kier molecular flexibility index (Phi) is 5.30. The smallest absolute Gasteiger partial charge is 0.00982 e. The van der Waals surface area contributed by atoms with Crippen molar-refractivity contribution < 1.29 is 0 Å². The van der Waals surface area contributed by atoms with Crippen LogP contribution in [-0.4, -0.2) is 36.0 Å². The molecule has 68 valence electrons. The Morgan fingerprint density at radius 1 is 1.33 bits per heavy atom. The molecule has 1 aliphatic rings. The molecule has 1 fully saturated rings. The van der Waals surface area contributed by atoms with Gasteiger partial charge < -0.3 is 4.90 Å². The van der Waals surface area contributed by atoms with Crippen molar-refractivity contribution in [1.82, 2.24) is 4.90 Å². The molecule has 1 aliphatic heterocycles. The fraction of sp³-hybridized carbons (Fsp3) is 0.800. The van der Waals surface area contributed by atoms with Gasteiger partial charge in [0.05, 0.1) is 0 Å². The molecule has 0 bridgehead atoms. The van der Waals surface area contributed by atoms with Crippen molar-refractivity contribution in [3.63, 3.8) is 0 Å². The zero-order valence-corrected chi connectivity index (χ0v) is 8.41. The molecule has 1 saturated heterocycles. The zero-order chi connectivity index (χ0) is 8.65. The molecule has 0 unspecified atom stereocenters. The monoisotopic (exact) mass is 183 g/mol. The summed E-state index contributed by atoms with van der Waals surface area (Å²) in [6, 6.07) is 0. The molecule has 0 radical (unpaired) electrons. The lowest BCUT2D eigenvalue weighted by atomic mass is 10.3. The number of thioether (sulfide) groups is 1. The lowest BCUT2D eigenvalue weighted by Gasteiger charge is -2.18. The molecule has 12 heavy (non-hydrogen) atoms. The van der Waals surface area contributed by atoms with Gasteiger partial charge in [0, 0.05) is 18.7 Å². The molecule has 1 heterocycles. The largest absolute Gasteiger partial charge is 0.302 e. The van der Waals surface area contributed by atoms with Crippen molar-refractivity contribution in [1.29, 1.82) is 0 Å². The Morgan fingerprint density at radius 2 is 2.25 bits per heavy atom. The molecule has 0 atom stereocenters. The second-order valence-corrected chi connectivity index (χ2v) is 4.34. The van der Waals surface area contributed by atoms with Gasteiger partial charge in [-0.05, 0) is 31.7 Å². The maximum atomic E-state index is 5.20. The molecule has 1 nitrogen and oxygen atoms in total. The van der Waals surface area contributed by atoms with E-state index in [1.165, 1.54) is 44.0 Å². The van der Waals surface area contributed by atoms with Crippen LogP contribution in [0.2, 0.25) is 0 Å². The van der Waals surface area contributed by atoms with E-state index in [1.807, 2.05) is 0 Å². The summed E-state index contributed by atoms with van der Waals surface area (Å²) in [6.45, 7) is 3.73. The first kappa shape index (κ1) is 9.95. The Balaban J connectivity index is 2.08. The van der Waals surface area contributed by atoms with E-state index in [4.69, 9.17) is 6.42 Å². The zero-order valence-electron chi connectivity index (χ0n) is 7.59. The quantitative estimate of drug-likeness (QED) is 0.485. The van der Waals surface area contributed by atoms with Crippen LogP contribution < -0.4 is 0 Å². The molecular weight excluding hydrogens is 166 g/mol. The van der Waals surface area contributed by atoms with E-state index in [9.17, 15) is 0 Å². The summed E-state index contributed by atoms with van der Waals surface area (Å²) in [5.74, 6) is 5.33. The topological polar surface area (TPSA) is 3.24 Å². The van der Waals surface area contributed by atoms with Gasteiger partial charge in [-0.25, -0.2) is 0 Å². The van der Waals surface area contributed by atoms with Gasteiger partial charge in [0.15, 0.2) is 0 Å². The van der Waals surface area contributed by atoms with Gasteiger partial charge in [-0.1, -0.05) is 0 Å². The molecule has 0 aromatic carbocycles. The Bertz CT molecular complexity index is 142. The highest BCUT2D eigenvalue weighted by Crippen LogP contribution is 2.10. The number of rotatable bonds is 3. The number of unbranched alkanes of at least 4 members (excludes halogenated alkanes) is 1. The molecule has 1 rings (SSSR count). The highest BCUT2D eigenvalue weighted by atomic mass is 32.2. The molecule has 0 aromatic rings. The standard InChI is InChI=1S/C10H17NS/c1-2-3-4-6-11-7-5-9-12-10-8-11/h1H,3-10H2. The minimum Gasteiger partial charge on any atom is -0.302 e. The average Bonchev–Trinajstić information content (AvgIpc) is 2.33. The lowest BCUT2D eigenvalue weighted by molar-refractivity contribution is 0.293. The maximum Gasteiger partial charge on any atom is 0.00982 e. The predicted molar refractivity (Wildman–Crippen MR) is 56.4 cm³/mol. The van der Waals surface area contributed by atoms with Crippen LogP contribution in [0, 0.1) is 12.3 Å². The van der Waals surface area contributed by atoms with Crippen molar-refractivity contribution in [2.45, 2.75) is 19.3 Å². The Hall–Kier alpha value is -0.130. The normalized spacial score (nSPS) is 19.9. The van der Waals surface area contributed by atoms with E-state index < -0.39 is 0 Å². The van der Waals surface area contributed by atoms with E-state index >= 15 is 0 Å². The van der Waals surface area contributed by atoms with Crippen LogP contribution in [0.1, 0.15) is 19.3 Å². The SMILES string of the molecule is C#CCCCN1CCCSCC1. The lowest BCUT2D eigenvalue weighted by Crippen LogP contribution is -2.26. The van der Waals surface area contributed by atoms with Crippen molar-refractivity contribution in [3.8, 4) is 12.3 Å². The first-order valence-corrected chi connectivity index (χ1v) is 5.82. The van der Waals surface area contributed by atoms with E-state index in [2.05, 4.69) is 22.6 Å². The van der Waals surface area contributed by atoms with Gasteiger partial charge >= 0.3 is 0 Å². The molecule has 2 heteroatoms. The molecule has 0 aliphatic carbocycles. The van der Waals surface area contributed by atoms with Gasteiger partial charge in [0.1, 0.15) is 0 Å². The summed E-state index contributed by atoms with van der Waals surface area (Å²) in [4.78, 5) is 2.54. The second kappa shape index (κ2) is 6.39. The first-order valence-electron chi connectivity index (χ1n) is 4.67. The predicted octanol–water partition coefficient (Wildman–Crippen LogP) is 1.84. The van der Waals surface area contributed by atoms with Gasteiger partial charge in [-0.15, -0.1) is 12.3 Å². The fourth-order valence-corrected chi connectivity index (χ4v) is 2.35. The summed E-state index contributed by atoms with van der Waals surface area (Å²) in [6.07, 6.45) is 8.65. The minimum absolute atomic E-state index is 0.934. The average molecular weight is 183 g/mol. The highest BCUT2D eigenvalue weighted by molar-refractivity contribution is 7.99. The van der Waals surface area contributed by atoms with Gasteiger partial charge in [-0.3, -0.25) is 0 Å². The number of hydrogen-bond acceptors (Lipinski definition) is 2. The van der Waals surface area contributed by atoms with E-state index in [-0.39, 0.29) is 0 Å². The third-order valence-electron chi connectivity index (χ3n) is 2.11. The third-order valence-corrected chi connectivity index (χ3v) is 3.16. The van der Waals surface area contributed by atoms with Crippen molar-refractivity contribution in [2.75, 3.05) is 31.1 Å². The first-order chi connectivity index (χ1) is 5.93. The molecule has 0 N–H and O–H groups in total. The fourth-order valence-electron chi connectivity index (χ4n) is 1.43. The van der Waals surface area contributed by atoms with Crippen LogP contribution in [-0.2, 0) is 0 Å². The van der Waals surface area contributed by atoms with Crippen LogP contribution in [0.4, 0.5) is 0 Å². The molecule has 0 amide bonds. The van der Waals surface area contributed by atoms with Crippen molar-refractivity contribution in [3.05, 3.63) is 0 Å². The van der Waals surface area contributed by atoms with Crippen LogP contribution in [0.25, 0.3) is 0 Å².